The summed E-state index contributed by atoms with van der Waals surface area (Å²) in [5, 5.41) is 0.518. The Morgan fingerprint density at radius 3 is 2.62 bits per heavy atom. The molecule has 1 saturated heterocycles. The van der Waals surface area contributed by atoms with E-state index in [0.717, 1.165) is 11.1 Å². The number of hydrogen-bond acceptors (Lipinski definition) is 4. The van der Waals surface area contributed by atoms with Crippen molar-refractivity contribution >= 4 is 33.4 Å². The summed E-state index contributed by atoms with van der Waals surface area (Å²) in [6.45, 7) is 3.93. The van der Waals surface area contributed by atoms with E-state index in [1.807, 2.05) is 44.2 Å². The topological polar surface area (TPSA) is 52.6 Å². The van der Waals surface area contributed by atoms with E-state index < -0.39 is 23.5 Å². The van der Waals surface area contributed by atoms with Gasteiger partial charge < -0.3 is 9.47 Å². The van der Waals surface area contributed by atoms with Crippen LogP contribution in [-0.4, -0.2) is 30.0 Å². The molecule has 0 bridgehead atoms. The average Bonchev–Trinajstić information content (AvgIpc) is 2.72. The van der Waals surface area contributed by atoms with Gasteiger partial charge in [-0.25, -0.2) is 9.59 Å². The molecule has 5 heteroatoms. The van der Waals surface area contributed by atoms with Gasteiger partial charge in [-0.2, -0.15) is 0 Å². The molecule has 1 aromatic carbocycles. The fourth-order valence-corrected chi connectivity index (χ4v) is 2.56. The summed E-state index contributed by atoms with van der Waals surface area (Å²) >= 11 is 3.36. The highest BCUT2D eigenvalue weighted by atomic mass is 79.9. The molecule has 1 aliphatic heterocycles. The van der Waals surface area contributed by atoms with Crippen LogP contribution >= 0.6 is 15.9 Å². The summed E-state index contributed by atoms with van der Waals surface area (Å²) in [4.78, 5) is 23.7. The van der Waals surface area contributed by atoms with Crippen molar-refractivity contribution in [1.82, 2.24) is 0 Å². The molecular weight excluding hydrogens is 336 g/mol. The molecule has 1 atom stereocenters. The molecule has 1 aliphatic rings. The van der Waals surface area contributed by atoms with Crippen LogP contribution in [-0.2, 0) is 19.1 Å². The van der Waals surface area contributed by atoms with E-state index in [1.54, 1.807) is 0 Å². The van der Waals surface area contributed by atoms with E-state index in [9.17, 15) is 9.59 Å². The Morgan fingerprint density at radius 2 is 2.10 bits per heavy atom. The Morgan fingerprint density at radius 1 is 1.43 bits per heavy atom. The molecule has 0 saturated carbocycles. The third-order valence-electron chi connectivity index (χ3n) is 3.32. The molecule has 4 nitrogen and oxygen atoms in total. The van der Waals surface area contributed by atoms with Crippen LogP contribution in [0.5, 0.6) is 0 Å². The first-order chi connectivity index (χ1) is 9.94. The molecule has 0 aliphatic carbocycles. The predicted octanol–water partition coefficient (Wildman–Crippen LogP) is 2.96. The van der Waals surface area contributed by atoms with E-state index in [2.05, 4.69) is 15.9 Å². The quantitative estimate of drug-likeness (QED) is 0.475. The lowest BCUT2D eigenvalue weighted by Gasteiger charge is -2.21. The van der Waals surface area contributed by atoms with Crippen LogP contribution in [0.25, 0.3) is 5.57 Å². The summed E-state index contributed by atoms with van der Waals surface area (Å²) in [5.41, 5.74) is 1.23. The Bertz CT molecular complexity index is 563. The SMILES string of the molecule is CC1(C)COC(=O)[C@@H]1OC(=O)/C=C(\CBr)c1ccccc1. The van der Waals surface area contributed by atoms with E-state index >= 15 is 0 Å². The molecular formula is C16H17BrO4. The van der Waals surface area contributed by atoms with E-state index in [4.69, 9.17) is 9.47 Å². The Labute approximate surface area is 132 Å². The van der Waals surface area contributed by atoms with Crippen LogP contribution in [0.15, 0.2) is 36.4 Å². The Kier molecular flexibility index (Phi) is 4.83. The van der Waals surface area contributed by atoms with Gasteiger partial charge in [-0.05, 0) is 11.1 Å². The minimum Gasteiger partial charge on any atom is -0.462 e. The first kappa shape index (κ1) is 15.8. The summed E-state index contributed by atoms with van der Waals surface area (Å²) in [7, 11) is 0. The van der Waals surface area contributed by atoms with Crippen molar-refractivity contribution in [2.75, 3.05) is 11.9 Å². The zero-order valence-corrected chi connectivity index (χ0v) is 13.6. The van der Waals surface area contributed by atoms with Crippen LogP contribution in [0, 0.1) is 5.41 Å². The van der Waals surface area contributed by atoms with Gasteiger partial charge in [-0.15, -0.1) is 0 Å². The zero-order valence-electron chi connectivity index (χ0n) is 12.0. The highest BCUT2D eigenvalue weighted by Gasteiger charge is 2.46. The third kappa shape index (κ3) is 3.73. The number of cyclic esters (lactones) is 1. The molecule has 0 N–H and O–H groups in total. The minimum absolute atomic E-state index is 0.261. The number of allylic oxidation sites excluding steroid dienone is 1. The van der Waals surface area contributed by atoms with Gasteiger partial charge in [0, 0.05) is 16.8 Å². The average molecular weight is 353 g/mol. The lowest BCUT2D eigenvalue weighted by Crippen LogP contribution is -2.34. The summed E-state index contributed by atoms with van der Waals surface area (Å²) < 4.78 is 10.2. The molecule has 0 radical (unpaired) electrons. The van der Waals surface area contributed by atoms with E-state index in [0.29, 0.717) is 5.33 Å². The number of halogens is 1. The van der Waals surface area contributed by atoms with Crippen LogP contribution in [0.1, 0.15) is 19.4 Å². The van der Waals surface area contributed by atoms with E-state index in [1.165, 1.54) is 6.08 Å². The molecule has 2 rings (SSSR count). The zero-order chi connectivity index (χ0) is 15.5. The van der Waals surface area contributed by atoms with Gasteiger partial charge in [0.1, 0.15) is 6.61 Å². The van der Waals surface area contributed by atoms with Crippen molar-refractivity contribution in [2.24, 2.45) is 5.41 Å². The maximum atomic E-state index is 12.0. The first-order valence-electron chi connectivity index (χ1n) is 6.63. The van der Waals surface area contributed by atoms with Crippen LogP contribution < -0.4 is 0 Å². The van der Waals surface area contributed by atoms with Gasteiger partial charge in [0.05, 0.1) is 0 Å². The predicted molar refractivity (Wildman–Crippen MR) is 82.8 cm³/mol. The standard InChI is InChI=1S/C16H17BrO4/c1-16(2)10-20-15(19)14(16)21-13(18)8-12(9-17)11-6-4-3-5-7-11/h3-8,14H,9-10H2,1-2H3/b12-8+/t14-/m0/s1. The minimum atomic E-state index is -0.853. The molecule has 0 amide bonds. The summed E-state index contributed by atoms with van der Waals surface area (Å²) in [5.74, 6) is -1.02. The van der Waals surface area contributed by atoms with Crippen LogP contribution in [0.3, 0.4) is 0 Å². The molecule has 1 heterocycles. The van der Waals surface area contributed by atoms with Gasteiger partial charge in [0.15, 0.2) is 0 Å². The molecule has 21 heavy (non-hydrogen) atoms. The normalized spacial score (nSPS) is 21.0. The second-order valence-electron chi connectivity index (χ2n) is 5.58. The highest BCUT2D eigenvalue weighted by molar-refractivity contribution is 9.09. The number of alkyl halides is 1. The Hall–Kier alpha value is -1.62. The summed E-state index contributed by atoms with van der Waals surface area (Å²) in [6.07, 6.45) is 0.555. The number of ether oxygens (including phenoxy) is 2. The van der Waals surface area contributed by atoms with Gasteiger partial charge in [-0.1, -0.05) is 60.1 Å². The number of hydrogen-bond donors (Lipinski definition) is 0. The van der Waals surface area contributed by atoms with E-state index in [-0.39, 0.29) is 6.61 Å². The monoisotopic (exact) mass is 352 g/mol. The second-order valence-corrected chi connectivity index (χ2v) is 6.14. The fraction of sp³-hybridized carbons (Fsp3) is 0.375. The van der Waals surface area contributed by atoms with Crippen molar-refractivity contribution in [1.29, 1.82) is 0 Å². The van der Waals surface area contributed by atoms with Crippen molar-refractivity contribution in [3.63, 3.8) is 0 Å². The number of rotatable bonds is 4. The number of carbonyl (C=O) groups excluding carboxylic acids is 2. The van der Waals surface area contributed by atoms with Crippen molar-refractivity contribution < 1.29 is 19.1 Å². The van der Waals surface area contributed by atoms with Gasteiger partial charge in [-0.3, -0.25) is 0 Å². The van der Waals surface area contributed by atoms with Crippen molar-refractivity contribution in [3.05, 3.63) is 42.0 Å². The molecule has 0 unspecified atom stereocenters. The third-order valence-corrected chi connectivity index (χ3v) is 3.93. The maximum Gasteiger partial charge on any atom is 0.348 e. The second kappa shape index (κ2) is 6.43. The molecule has 1 aromatic rings. The fourth-order valence-electron chi connectivity index (χ4n) is 2.08. The van der Waals surface area contributed by atoms with Crippen LogP contribution in [0.2, 0.25) is 0 Å². The van der Waals surface area contributed by atoms with Gasteiger partial charge >= 0.3 is 11.9 Å². The molecule has 0 aromatic heterocycles. The van der Waals surface area contributed by atoms with Crippen LogP contribution in [0.4, 0.5) is 0 Å². The lowest BCUT2D eigenvalue weighted by molar-refractivity contribution is -0.159. The largest absolute Gasteiger partial charge is 0.462 e. The highest BCUT2D eigenvalue weighted by Crippen LogP contribution is 2.31. The molecule has 0 spiro atoms. The van der Waals surface area contributed by atoms with Gasteiger partial charge in [0.25, 0.3) is 0 Å². The Balaban J connectivity index is 2.13. The maximum absolute atomic E-state index is 12.0. The number of carbonyl (C=O) groups is 2. The smallest absolute Gasteiger partial charge is 0.348 e. The molecule has 1 fully saturated rings. The summed E-state index contributed by atoms with van der Waals surface area (Å²) in [6, 6.07) is 9.52. The lowest BCUT2D eigenvalue weighted by atomic mass is 9.90. The van der Waals surface area contributed by atoms with Crippen molar-refractivity contribution in [2.45, 2.75) is 20.0 Å². The number of esters is 2. The van der Waals surface area contributed by atoms with Gasteiger partial charge in [0.2, 0.25) is 6.10 Å². The first-order valence-corrected chi connectivity index (χ1v) is 7.75. The van der Waals surface area contributed by atoms with Crippen molar-refractivity contribution in [3.8, 4) is 0 Å². The molecule has 112 valence electrons. The number of benzene rings is 1.